The summed E-state index contributed by atoms with van der Waals surface area (Å²) in [6.45, 7) is 1.73. The molecule has 1 aliphatic rings. The number of nitro benzene ring substituents is 1. The second-order valence-corrected chi connectivity index (χ2v) is 6.09. The molecule has 1 aromatic rings. The number of aliphatic carboxylic acids is 1. The molecule has 0 heterocycles. The number of rotatable bonds is 5. The topological polar surface area (TPSA) is 110 Å². The van der Waals surface area contributed by atoms with E-state index in [-0.39, 0.29) is 17.8 Å². The minimum absolute atomic E-state index is 0.0449. The van der Waals surface area contributed by atoms with Gasteiger partial charge in [0.2, 0.25) is 0 Å². The predicted octanol–water partition coefficient (Wildman–Crippen LogP) is 2.67. The lowest BCUT2D eigenvalue weighted by atomic mass is 9.74. The maximum absolute atomic E-state index is 12.3. The van der Waals surface area contributed by atoms with E-state index in [0.717, 1.165) is 19.3 Å². The van der Waals surface area contributed by atoms with Gasteiger partial charge in [-0.2, -0.15) is 0 Å². The number of carbonyl (C=O) groups excluding carboxylic acids is 1. The Bertz CT molecular complexity index is 635. The van der Waals surface area contributed by atoms with Gasteiger partial charge < -0.3 is 10.4 Å². The van der Waals surface area contributed by atoms with Gasteiger partial charge >= 0.3 is 5.97 Å². The molecule has 0 saturated heterocycles. The zero-order valence-corrected chi connectivity index (χ0v) is 13.0. The number of carbonyl (C=O) groups is 2. The molecule has 0 unspecified atom stereocenters. The summed E-state index contributed by atoms with van der Waals surface area (Å²) in [5, 5.41) is 23.0. The Morgan fingerprint density at radius 2 is 1.96 bits per heavy atom. The predicted molar refractivity (Wildman–Crippen MR) is 83.3 cm³/mol. The highest BCUT2D eigenvalue weighted by Gasteiger charge is 2.39. The molecule has 0 atom stereocenters. The first-order valence-corrected chi connectivity index (χ1v) is 7.62. The Morgan fingerprint density at radius 1 is 1.30 bits per heavy atom. The minimum Gasteiger partial charge on any atom is -0.481 e. The van der Waals surface area contributed by atoms with Crippen LogP contribution in [0.5, 0.6) is 0 Å². The van der Waals surface area contributed by atoms with E-state index in [0.29, 0.717) is 18.4 Å². The highest BCUT2D eigenvalue weighted by Crippen LogP contribution is 2.36. The molecule has 1 saturated carbocycles. The van der Waals surface area contributed by atoms with Crippen LogP contribution < -0.4 is 5.32 Å². The fourth-order valence-electron chi connectivity index (χ4n) is 3.01. The number of nitro groups is 1. The van der Waals surface area contributed by atoms with Crippen LogP contribution >= 0.6 is 0 Å². The summed E-state index contributed by atoms with van der Waals surface area (Å²) in [6, 6.07) is 4.07. The summed E-state index contributed by atoms with van der Waals surface area (Å²) in [7, 11) is 0. The Kier molecular flexibility index (Phi) is 4.98. The van der Waals surface area contributed by atoms with Crippen molar-refractivity contribution in [2.45, 2.75) is 39.0 Å². The van der Waals surface area contributed by atoms with Crippen LogP contribution in [0.4, 0.5) is 5.69 Å². The van der Waals surface area contributed by atoms with Crippen molar-refractivity contribution in [1.82, 2.24) is 5.32 Å². The van der Waals surface area contributed by atoms with E-state index in [1.807, 2.05) is 0 Å². The standard InChI is InChI=1S/C16H20N2O5/c1-11-5-6-12(18(22)23)9-13(11)14(19)17-10-16(15(20)21)7-3-2-4-8-16/h5-6,9H,2-4,7-8,10H2,1H3,(H,17,19)(H,20,21). The molecule has 2 N–H and O–H groups in total. The van der Waals surface area contributed by atoms with E-state index in [1.54, 1.807) is 6.92 Å². The quantitative estimate of drug-likeness (QED) is 0.640. The summed E-state index contributed by atoms with van der Waals surface area (Å²) >= 11 is 0. The number of carboxylic acids is 1. The zero-order chi connectivity index (χ0) is 17.0. The van der Waals surface area contributed by atoms with E-state index in [9.17, 15) is 24.8 Å². The Labute approximate surface area is 133 Å². The van der Waals surface area contributed by atoms with Crippen LogP contribution in [0.3, 0.4) is 0 Å². The third-order valence-electron chi connectivity index (χ3n) is 4.53. The van der Waals surface area contributed by atoms with Crippen molar-refractivity contribution in [2.24, 2.45) is 5.41 Å². The second kappa shape index (κ2) is 6.76. The lowest BCUT2D eigenvalue weighted by molar-refractivity contribution is -0.384. The van der Waals surface area contributed by atoms with E-state index < -0.39 is 22.2 Å². The van der Waals surface area contributed by atoms with Crippen LogP contribution in [0.25, 0.3) is 0 Å². The number of non-ortho nitro benzene ring substituents is 1. The molecular weight excluding hydrogens is 300 g/mol. The van der Waals surface area contributed by atoms with Crippen molar-refractivity contribution in [2.75, 3.05) is 6.54 Å². The van der Waals surface area contributed by atoms with Crippen LogP contribution in [0.2, 0.25) is 0 Å². The van der Waals surface area contributed by atoms with Gasteiger partial charge in [-0.05, 0) is 25.3 Å². The summed E-state index contributed by atoms with van der Waals surface area (Å²) in [5.74, 6) is -1.37. The molecule has 0 aromatic heterocycles. The van der Waals surface area contributed by atoms with Crippen LogP contribution in [-0.4, -0.2) is 28.5 Å². The number of carboxylic acid groups (broad SMARTS) is 1. The van der Waals surface area contributed by atoms with Gasteiger partial charge in [-0.3, -0.25) is 19.7 Å². The van der Waals surface area contributed by atoms with Gasteiger partial charge in [0.05, 0.1) is 10.3 Å². The van der Waals surface area contributed by atoms with E-state index in [1.165, 1.54) is 18.2 Å². The number of nitrogens with one attached hydrogen (secondary N) is 1. The van der Waals surface area contributed by atoms with E-state index >= 15 is 0 Å². The first kappa shape index (κ1) is 16.9. The first-order chi connectivity index (χ1) is 10.9. The van der Waals surface area contributed by atoms with E-state index in [2.05, 4.69) is 5.32 Å². The van der Waals surface area contributed by atoms with Gasteiger partial charge in [0.1, 0.15) is 0 Å². The summed E-state index contributed by atoms with van der Waals surface area (Å²) in [4.78, 5) is 34.2. The number of amides is 1. The molecule has 0 aliphatic heterocycles. The maximum atomic E-state index is 12.3. The molecule has 1 amide bonds. The lowest BCUT2D eigenvalue weighted by Gasteiger charge is -2.33. The molecule has 0 radical (unpaired) electrons. The van der Waals surface area contributed by atoms with Crippen LogP contribution in [0, 0.1) is 22.5 Å². The molecule has 1 aliphatic carbocycles. The second-order valence-electron chi connectivity index (χ2n) is 6.09. The highest BCUT2D eigenvalue weighted by molar-refractivity contribution is 5.96. The monoisotopic (exact) mass is 320 g/mol. The van der Waals surface area contributed by atoms with Crippen molar-refractivity contribution in [1.29, 1.82) is 0 Å². The number of benzene rings is 1. The Morgan fingerprint density at radius 3 is 2.52 bits per heavy atom. The largest absolute Gasteiger partial charge is 0.481 e. The number of nitrogens with zero attached hydrogens (tertiary/aromatic N) is 1. The summed E-state index contributed by atoms with van der Waals surface area (Å²) in [5.41, 5.74) is -0.272. The fourth-order valence-corrected chi connectivity index (χ4v) is 3.01. The zero-order valence-electron chi connectivity index (χ0n) is 13.0. The number of hydrogen-bond donors (Lipinski definition) is 2. The summed E-state index contributed by atoms with van der Waals surface area (Å²) in [6.07, 6.45) is 3.75. The van der Waals surface area contributed by atoms with Crippen LogP contribution in [0.1, 0.15) is 48.0 Å². The van der Waals surface area contributed by atoms with Gasteiger partial charge in [-0.15, -0.1) is 0 Å². The van der Waals surface area contributed by atoms with Gasteiger partial charge in [-0.1, -0.05) is 25.3 Å². The summed E-state index contributed by atoms with van der Waals surface area (Å²) < 4.78 is 0. The normalized spacial score (nSPS) is 16.6. The van der Waals surface area contributed by atoms with Crippen molar-refractivity contribution >= 4 is 17.6 Å². The molecule has 1 fully saturated rings. The molecule has 7 heteroatoms. The van der Waals surface area contributed by atoms with Crippen molar-refractivity contribution in [3.63, 3.8) is 0 Å². The van der Waals surface area contributed by atoms with Crippen molar-refractivity contribution in [3.8, 4) is 0 Å². The number of aryl methyl sites for hydroxylation is 1. The smallest absolute Gasteiger partial charge is 0.311 e. The molecule has 0 bridgehead atoms. The van der Waals surface area contributed by atoms with Gasteiger partial charge in [0.15, 0.2) is 0 Å². The number of hydrogen-bond acceptors (Lipinski definition) is 4. The molecule has 0 spiro atoms. The molecule has 1 aromatic carbocycles. The van der Waals surface area contributed by atoms with Gasteiger partial charge in [-0.25, -0.2) is 0 Å². The fraction of sp³-hybridized carbons (Fsp3) is 0.500. The maximum Gasteiger partial charge on any atom is 0.311 e. The van der Waals surface area contributed by atoms with E-state index in [4.69, 9.17) is 0 Å². The minimum atomic E-state index is -0.928. The molecule has 23 heavy (non-hydrogen) atoms. The third-order valence-corrected chi connectivity index (χ3v) is 4.53. The van der Waals surface area contributed by atoms with Gasteiger partial charge in [0, 0.05) is 24.2 Å². The highest BCUT2D eigenvalue weighted by atomic mass is 16.6. The molecular formula is C16H20N2O5. The average Bonchev–Trinajstić information content (AvgIpc) is 2.53. The third kappa shape index (κ3) is 3.67. The van der Waals surface area contributed by atoms with Crippen LogP contribution in [-0.2, 0) is 4.79 Å². The molecule has 2 rings (SSSR count). The molecule has 7 nitrogen and oxygen atoms in total. The van der Waals surface area contributed by atoms with Gasteiger partial charge in [0.25, 0.3) is 11.6 Å². The first-order valence-electron chi connectivity index (χ1n) is 7.62. The Hall–Kier alpha value is -2.44. The lowest BCUT2D eigenvalue weighted by Crippen LogP contribution is -2.44. The average molecular weight is 320 g/mol. The van der Waals surface area contributed by atoms with Crippen molar-refractivity contribution in [3.05, 3.63) is 39.4 Å². The van der Waals surface area contributed by atoms with Crippen LogP contribution in [0.15, 0.2) is 18.2 Å². The SMILES string of the molecule is Cc1ccc([N+](=O)[O-])cc1C(=O)NCC1(C(=O)O)CCCCC1. The molecule has 124 valence electrons. The Balaban J connectivity index is 2.14. The van der Waals surface area contributed by atoms with Crippen molar-refractivity contribution < 1.29 is 19.6 Å².